The van der Waals surface area contributed by atoms with Crippen molar-refractivity contribution in [1.82, 2.24) is 0 Å². The van der Waals surface area contributed by atoms with Crippen molar-refractivity contribution in [2.75, 3.05) is 0 Å². The molecule has 0 amide bonds. The van der Waals surface area contributed by atoms with Gasteiger partial charge in [0.15, 0.2) is 0 Å². The minimum absolute atomic E-state index is 0.210. The van der Waals surface area contributed by atoms with Crippen molar-refractivity contribution in [3.05, 3.63) is 34.5 Å². The van der Waals surface area contributed by atoms with E-state index in [1.165, 1.54) is 6.42 Å². The number of nitrogens with two attached hydrogens (primary N) is 1. The van der Waals surface area contributed by atoms with Crippen molar-refractivity contribution in [3.63, 3.8) is 0 Å². The van der Waals surface area contributed by atoms with Crippen LogP contribution in [0.15, 0.2) is 33.2 Å². The third kappa shape index (κ3) is 1.34. The van der Waals surface area contributed by atoms with E-state index >= 15 is 0 Å². The molecule has 1 aromatic heterocycles. The zero-order valence-electron chi connectivity index (χ0n) is 8.29. The summed E-state index contributed by atoms with van der Waals surface area (Å²) in [5.74, 6) is 0.927. The van der Waals surface area contributed by atoms with E-state index in [0.29, 0.717) is 0 Å². The van der Waals surface area contributed by atoms with Crippen LogP contribution in [-0.2, 0) is 5.54 Å². The summed E-state index contributed by atoms with van der Waals surface area (Å²) >= 11 is 3.48. The predicted molar refractivity (Wildman–Crippen MR) is 63.6 cm³/mol. The van der Waals surface area contributed by atoms with E-state index in [2.05, 4.69) is 28.1 Å². The lowest BCUT2D eigenvalue weighted by Crippen LogP contribution is -2.42. The van der Waals surface area contributed by atoms with E-state index in [-0.39, 0.29) is 5.54 Å². The first-order valence-electron chi connectivity index (χ1n) is 5.16. The highest BCUT2D eigenvalue weighted by molar-refractivity contribution is 9.10. The Kier molecular flexibility index (Phi) is 1.94. The predicted octanol–water partition coefficient (Wildman–Crippen LogP) is 3.53. The van der Waals surface area contributed by atoms with Gasteiger partial charge in [0.05, 0.1) is 10.0 Å². The van der Waals surface area contributed by atoms with Gasteiger partial charge in [-0.25, -0.2) is 0 Å². The van der Waals surface area contributed by atoms with E-state index < -0.39 is 0 Å². The largest absolute Gasteiger partial charge is 0.458 e. The molecule has 1 aromatic carbocycles. The van der Waals surface area contributed by atoms with Crippen molar-refractivity contribution < 1.29 is 4.42 Å². The second-order valence-electron chi connectivity index (χ2n) is 4.28. The van der Waals surface area contributed by atoms with Crippen LogP contribution in [0.5, 0.6) is 0 Å². The number of hydrogen-bond donors (Lipinski definition) is 1. The summed E-state index contributed by atoms with van der Waals surface area (Å²) in [5.41, 5.74) is 6.93. The molecule has 0 atom stereocenters. The first kappa shape index (κ1) is 9.43. The maximum Gasteiger partial charge on any atom is 0.148 e. The average Bonchev–Trinajstić information content (AvgIpc) is 2.59. The van der Waals surface area contributed by atoms with E-state index in [1.54, 1.807) is 0 Å². The molecule has 2 aromatic rings. The molecule has 3 heteroatoms. The van der Waals surface area contributed by atoms with Crippen LogP contribution in [0.25, 0.3) is 11.0 Å². The van der Waals surface area contributed by atoms with Crippen LogP contribution in [0, 0.1) is 0 Å². The molecule has 1 fully saturated rings. The molecule has 1 aliphatic carbocycles. The Morgan fingerprint density at radius 1 is 1.33 bits per heavy atom. The number of furan rings is 1. The van der Waals surface area contributed by atoms with Crippen molar-refractivity contribution >= 4 is 26.9 Å². The zero-order chi connectivity index (χ0) is 10.5. The number of benzene rings is 1. The topological polar surface area (TPSA) is 39.2 Å². The minimum Gasteiger partial charge on any atom is -0.458 e. The molecule has 2 N–H and O–H groups in total. The summed E-state index contributed by atoms with van der Waals surface area (Å²) in [6.45, 7) is 0. The van der Waals surface area contributed by atoms with Crippen LogP contribution >= 0.6 is 15.9 Å². The van der Waals surface area contributed by atoms with Crippen molar-refractivity contribution in [3.8, 4) is 0 Å². The van der Waals surface area contributed by atoms with E-state index in [9.17, 15) is 0 Å². The fraction of sp³-hybridized carbons (Fsp3) is 0.333. The third-order valence-corrected chi connectivity index (χ3v) is 3.86. The van der Waals surface area contributed by atoms with Gasteiger partial charge in [-0.15, -0.1) is 0 Å². The molecule has 78 valence electrons. The van der Waals surface area contributed by atoms with Crippen molar-refractivity contribution in [2.45, 2.75) is 24.8 Å². The fourth-order valence-electron chi connectivity index (χ4n) is 2.08. The summed E-state index contributed by atoms with van der Waals surface area (Å²) in [4.78, 5) is 0. The second kappa shape index (κ2) is 3.09. The summed E-state index contributed by atoms with van der Waals surface area (Å²) in [6.07, 6.45) is 3.27. The number of hydrogen-bond acceptors (Lipinski definition) is 2. The molecule has 15 heavy (non-hydrogen) atoms. The SMILES string of the molecule is NC1(c2cc3cccc(Br)c3o2)CCC1. The Morgan fingerprint density at radius 3 is 2.73 bits per heavy atom. The van der Waals surface area contributed by atoms with Crippen LogP contribution < -0.4 is 5.73 Å². The number of fused-ring (bicyclic) bond motifs is 1. The Balaban J connectivity index is 2.18. The van der Waals surface area contributed by atoms with Crippen LogP contribution in [0.1, 0.15) is 25.0 Å². The zero-order valence-corrected chi connectivity index (χ0v) is 9.88. The van der Waals surface area contributed by atoms with Gasteiger partial charge in [0, 0.05) is 5.39 Å². The molecule has 0 radical (unpaired) electrons. The molecule has 0 aliphatic heterocycles. The molecular formula is C12H12BrNO. The summed E-state index contributed by atoms with van der Waals surface area (Å²) in [5, 5.41) is 1.12. The molecule has 0 unspecified atom stereocenters. The van der Waals surface area contributed by atoms with Crippen LogP contribution in [-0.4, -0.2) is 0 Å². The highest BCUT2D eigenvalue weighted by Gasteiger charge is 2.37. The lowest BCUT2D eigenvalue weighted by atomic mass is 9.76. The Labute approximate surface area is 96.6 Å². The van der Waals surface area contributed by atoms with Gasteiger partial charge in [-0.2, -0.15) is 0 Å². The fourth-order valence-corrected chi connectivity index (χ4v) is 2.54. The normalized spacial score (nSPS) is 19.1. The van der Waals surface area contributed by atoms with Crippen LogP contribution in [0.3, 0.4) is 0 Å². The molecule has 1 aliphatic rings. The summed E-state index contributed by atoms with van der Waals surface area (Å²) in [6, 6.07) is 8.11. The molecule has 0 spiro atoms. The number of rotatable bonds is 1. The second-order valence-corrected chi connectivity index (χ2v) is 5.13. The van der Waals surface area contributed by atoms with E-state index in [0.717, 1.165) is 34.0 Å². The minimum atomic E-state index is -0.210. The lowest BCUT2D eigenvalue weighted by molar-refractivity contribution is 0.212. The van der Waals surface area contributed by atoms with Crippen molar-refractivity contribution in [2.24, 2.45) is 5.73 Å². The van der Waals surface area contributed by atoms with Crippen molar-refractivity contribution in [1.29, 1.82) is 0 Å². The van der Waals surface area contributed by atoms with Crippen LogP contribution in [0.4, 0.5) is 0 Å². The lowest BCUT2D eigenvalue weighted by Gasteiger charge is -2.35. The Morgan fingerprint density at radius 2 is 2.13 bits per heavy atom. The number of para-hydroxylation sites is 1. The van der Waals surface area contributed by atoms with Crippen LogP contribution in [0.2, 0.25) is 0 Å². The van der Waals surface area contributed by atoms with Gasteiger partial charge in [0.2, 0.25) is 0 Å². The smallest absolute Gasteiger partial charge is 0.148 e. The maximum absolute atomic E-state index is 6.23. The third-order valence-electron chi connectivity index (χ3n) is 3.23. The van der Waals surface area contributed by atoms with Gasteiger partial charge < -0.3 is 10.2 Å². The van der Waals surface area contributed by atoms with E-state index in [4.69, 9.17) is 10.2 Å². The average molecular weight is 266 g/mol. The standard InChI is InChI=1S/C12H12BrNO/c13-9-4-1-3-8-7-10(15-11(8)9)12(14)5-2-6-12/h1,3-4,7H,2,5-6,14H2. The van der Waals surface area contributed by atoms with Gasteiger partial charge in [0.25, 0.3) is 0 Å². The molecule has 1 heterocycles. The monoisotopic (exact) mass is 265 g/mol. The molecule has 3 rings (SSSR count). The van der Waals surface area contributed by atoms with Gasteiger partial charge in [-0.3, -0.25) is 0 Å². The quantitative estimate of drug-likeness (QED) is 0.857. The highest BCUT2D eigenvalue weighted by Crippen LogP contribution is 2.41. The summed E-state index contributed by atoms with van der Waals surface area (Å²) in [7, 11) is 0. The Hall–Kier alpha value is -0.800. The summed E-state index contributed by atoms with van der Waals surface area (Å²) < 4.78 is 6.83. The molecule has 2 nitrogen and oxygen atoms in total. The Bertz CT molecular complexity index is 513. The van der Waals surface area contributed by atoms with Gasteiger partial charge in [-0.1, -0.05) is 12.1 Å². The molecular weight excluding hydrogens is 254 g/mol. The van der Waals surface area contributed by atoms with E-state index in [1.807, 2.05) is 12.1 Å². The first-order chi connectivity index (χ1) is 7.19. The molecule has 0 bridgehead atoms. The molecule has 0 saturated heterocycles. The van der Waals surface area contributed by atoms with Gasteiger partial charge in [0.1, 0.15) is 11.3 Å². The van der Waals surface area contributed by atoms with Gasteiger partial charge in [-0.05, 0) is 47.3 Å². The number of halogens is 1. The van der Waals surface area contributed by atoms with Gasteiger partial charge >= 0.3 is 0 Å². The molecule has 1 saturated carbocycles. The highest BCUT2D eigenvalue weighted by atomic mass is 79.9. The maximum atomic E-state index is 6.23. The first-order valence-corrected chi connectivity index (χ1v) is 5.96.